The van der Waals surface area contributed by atoms with Crippen molar-refractivity contribution < 1.29 is 14.3 Å². The quantitative estimate of drug-likeness (QED) is 0.223. The van der Waals surface area contributed by atoms with Gasteiger partial charge in [0.15, 0.2) is 4.80 Å². The highest BCUT2D eigenvalue weighted by Gasteiger charge is 2.33. The normalized spacial score (nSPS) is 15.1. The van der Waals surface area contributed by atoms with E-state index < -0.39 is 12.0 Å². The Morgan fingerprint density at radius 1 is 1.05 bits per heavy atom. The average Bonchev–Trinajstić information content (AvgIpc) is 3.26. The number of esters is 1. The molecule has 5 rings (SSSR count). The van der Waals surface area contributed by atoms with Crippen LogP contribution in [-0.2, 0) is 16.1 Å². The van der Waals surface area contributed by atoms with Crippen LogP contribution < -0.4 is 19.6 Å². The van der Waals surface area contributed by atoms with Gasteiger partial charge in [-0.3, -0.25) is 9.36 Å². The van der Waals surface area contributed by atoms with E-state index in [0.717, 1.165) is 27.3 Å². The van der Waals surface area contributed by atoms with Crippen molar-refractivity contribution in [2.45, 2.75) is 31.4 Å². The second-order valence-corrected chi connectivity index (χ2v) is 10.8. The van der Waals surface area contributed by atoms with E-state index in [-0.39, 0.29) is 12.2 Å². The topological polar surface area (TPSA) is 69.9 Å². The molecule has 1 aromatic heterocycles. The third-order valence-corrected chi connectivity index (χ3v) is 8.10. The standard InChI is InChI=1S/C31H28N2O4S2/c1-4-36-30(35)27-20(2)32-31-33(28(27)23-12-16-25(38-3)17-13-23)29(34)26(39-31)18-21-10-14-24(15-11-21)37-19-22-8-6-5-7-9-22/h5-18,28H,4,19H2,1-3H3/t28-/m0/s1. The first kappa shape index (κ1) is 26.7. The molecule has 0 unspecified atom stereocenters. The van der Waals surface area contributed by atoms with Gasteiger partial charge in [0, 0.05) is 4.90 Å². The molecule has 4 aromatic rings. The van der Waals surface area contributed by atoms with Crippen molar-refractivity contribution in [1.29, 1.82) is 0 Å². The lowest BCUT2D eigenvalue weighted by atomic mass is 9.96. The molecule has 1 aliphatic heterocycles. The zero-order valence-electron chi connectivity index (χ0n) is 21.9. The fourth-order valence-electron chi connectivity index (χ4n) is 4.45. The first-order valence-corrected chi connectivity index (χ1v) is 14.6. The minimum atomic E-state index is -0.618. The van der Waals surface area contributed by atoms with Gasteiger partial charge in [-0.2, -0.15) is 0 Å². The first-order chi connectivity index (χ1) is 19.0. The van der Waals surface area contributed by atoms with E-state index in [4.69, 9.17) is 9.47 Å². The summed E-state index contributed by atoms with van der Waals surface area (Å²) >= 11 is 2.95. The van der Waals surface area contributed by atoms with Gasteiger partial charge in [-0.15, -0.1) is 11.8 Å². The lowest BCUT2D eigenvalue weighted by Gasteiger charge is -2.24. The van der Waals surface area contributed by atoms with E-state index >= 15 is 0 Å². The minimum absolute atomic E-state index is 0.198. The fraction of sp³-hybridized carbons (Fsp3) is 0.194. The van der Waals surface area contributed by atoms with Crippen LogP contribution in [-0.4, -0.2) is 23.4 Å². The molecule has 0 saturated heterocycles. The summed E-state index contributed by atoms with van der Waals surface area (Å²) in [7, 11) is 0. The molecule has 3 aromatic carbocycles. The molecule has 0 spiro atoms. The number of hydrogen-bond acceptors (Lipinski definition) is 7. The predicted octanol–water partition coefficient (Wildman–Crippen LogP) is 5.10. The number of nitrogens with zero attached hydrogens (tertiary/aromatic N) is 2. The highest BCUT2D eigenvalue weighted by molar-refractivity contribution is 7.98. The van der Waals surface area contributed by atoms with Crippen molar-refractivity contribution in [2.75, 3.05) is 12.9 Å². The summed E-state index contributed by atoms with van der Waals surface area (Å²) in [6.07, 6.45) is 3.86. The maximum atomic E-state index is 13.8. The molecule has 2 heterocycles. The zero-order chi connectivity index (χ0) is 27.4. The molecule has 0 radical (unpaired) electrons. The number of fused-ring (bicyclic) bond motifs is 1. The molecule has 1 atom stereocenters. The average molecular weight is 557 g/mol. The Morgan fingerprint density at radius 2 is 1.77 bits per heavy atom. The minimum Gasteiger partial charge on any atom is -0.489 e. The highest BCUT2D eigenvalue weighted by atomic mass is 32.2. The maximum Gasteiger partial charge on any atom is 0.338 e. The maximum absolute atomic E-state index is 13.8. The van der Waals surface area contributed by atoms with Gasteiger partial charge in [0.1, 0.15) is 12.4 Å². The van der Waals surface area contributed by atoms with Crippen molar-refractivity contribution in [3.8, 4) is 5.75 Å². The SMILES string of the molecule is CCOC(=O)C1=C(C)N=c2sc(=Cc3ccc(OCc4ccccc4)cc3)c(=O)n2[C@H]1c1ccc(SC)cc1. The van der Waals surface area contributed by atoms with Crippen LogP contribution in [0.2, 0.25) is 0 Å². The van der Waals surface area contributed by atoms with Crippen molar-refractivity contribution in [3.63, 3.8) is 0 Å². The van der Waals surface area contributed by atoms with E-state index in [1.807, 2.05) is 91.2 Å². The van der Waals surface area contributed by atoms with Crippen molar-refractivity contribution >= 4 is 35.1 Å². The van der Waals surface area contributed by atoms with Crippen molar-refractivity contribution in [2.24, 2.45) is 4.99 Å². The molecule has 0 bridgehead atoms. The third-order valence-electron chi connectivity index (χ3n) is 6.37. The van der Waals surface area contributed by atoms with Crippen LogP contribution in [0.3, 0.4) is 0 Å². The number of aromatic nitrogens is 1. The van der Waals surface area contributed by atoms with Crippen molar-refractivity contribution in [1.82, 2.24) is 4.57 Å². The number of rotatable bonds is 8. The summed E-state index contributed by atoms with van der Waals surface area (Å²) in [6.45, 7) is 4.28. The van der Waals surface area contributed by atoms with E-state index in [1.54, 1.807) is 30.2 Å². The Bertz CT molecular complexity index is 1690. The molecular formula is C31H28N2O4S2. The summed E-state index contributed by atoms with van der Waals surface area (Å²) in [5.41, 5.74) is 3.54. The van der Waals surface area contributed by atoms with Gasteiger partial charge in [-0.05, 0) is 67.1 Å². The molecule has 0 fully saturated rings. The molecule has 198 valence electrons. The summed E-state index contributed by atoms with van der Waals surface area (Å²) in [5, 5.41) is 0. The van der Waals surface area contributed by atoms with E-state index in [0.29, 0.717) is 27.2 Å². The fourth-order valence-corrected chi connectivity index (χ4v) is 5.90. The number of allylic oxidation sites excluding steroid dienone is 1. The molecule has 0 amide bonds. The number of thioether (sulfide) groups is 1. The molecule has 0 N–H and O–H groups in total. The van der Waals surface area contributed by atoms with E-state index in [2.05, 4.69) is 4.99 Å². The Morgan fingerprint density at radius 3 is 2.44 bits per heavy atom. The molecule has 0 saturated carbocycles. The van der Waals surface area contributed by atoms with Gasteiger partial charge < -0.3 is 9.47 Å². The summed E-state index contributed by atoms with van der Waals surface area (Å²) < 4.78 is 13.4. The van der Waals surface area contributed by atoms with E-state index in [1.165, 1.54) is 11.3 Å². The largest absolute Gasteiger partial charge is 0.489 e. The van der Waals surface area contributed by atoms with Crippen molar-refractivity contribution in [3.05, 3.63) is 127 Å². The van der Waals surface area contributed by atoms with Crippen LogP contribution in [0.4, 0.5) is 0 Å². The molecule has 39 heavy (non-hydrogen) atoms. The third kappa shape index (κ3) is 5.77. The zero-order valence-corrected chi connectivity index (χ0v) is 23.6. The summed E-state index contributed by atoms with van der Waals surface area (Å²) in [4.78, 5) is 33.1. The van der Waals surface area contributed by atoms with Crippen LogP contribution in [0.25, 0.3) is 6.08 Å². The van der Waals surface area contributed by atoms with Gasteiger partial charge in [0.25, 0.3) is 5.56 Å². The monoisotopic (exact) mass is 556 g/mol. The second kappa shape index (κ2) is 11.9. The molecule has 1 aliphatic rings. The Balaban J connectivity index is 1.51. The van der Waals surface area contributed by atoms with Crippen LogP contribution in [0.1, 0.15) is 36.6 Å². The van der Waals surface area contributed by atoms with Crippen LogP contribution in [0.5, 0.6) is 5.75 Å². The van der Waals surface area contributed by atoms with Crippen LogP contribution in [0.15, 0.2) is 105 Å². The first-order valence-electron chi connectivity index (χ1n) is 12.6. The van der Waals surface area contributed by atoms with Gasteiger partial charge >= 0.3 is 5.97 Å². The van der Waals surface area contributed by atoms with Gasteiger partial charge in [-0.25, -0.2) is 9.79 Å². The van der Waals surface area contributed by atoms with E-state index in [9.17, 15) is 9.59 Å². The second-order valence-electron chi connectivity index (χ2n) is 8.92. The number of ether oxygens (including phenoxy) is 2. The number of carbonyl (C=O) groups excluding carboxylic acids is 1. The number of hydrogen-bond donors (Lipinski definition) is 0. The number of thiazole rings is 1. The number of carbonyl (C=O) groups is 1. The highest BCUT2D eigenvalue weighted by Crippen LogP contribution is 2.31. The molecule has 6 nitrogen and oxygen atoms in total. The Labute approximate surface area is 235 Å². The van der Waals surface area contributed by atoms with Gasteiger partial charge in [-0.1, -0.05) is 65.9 Å². The van der Waals surface area contributed by atoms with Gasteiger partial charge in [0.2, 0.25) is 0 Å². The molecular weight excluding hydrogens is 528 g/mol. The predicted molar refractivity (Wildman–Crippen MR) is 156 cm³/mol. The summed E-state index contributed by atoms with van der Waals surface area (Å²) in [6, 6.07) is 24.9. The van der Waals surface area contributed by atoms with Crippen LogP contribution in [0, 0.1) is 0 Å². The molecule has 0 aliphatic carbocycles. The summed E-state index contributed by atoms with van der Waals surface area (Å²) in [5.74, 6) is 0.291. The van der Waals surface area contributed by atoms with Gasteiger partial charge in [0.05, 0.1) is 28.5 Å². The lowest BCUT2D eigenvalue weighted by molar-refractivity contribution is -0.139. The van der Waals surface area contributed by atoms with Crippen LogP contribution >= 0.6 is 23.1 Å². The lowest BCUT2D eigenvalue weighted by Crippen LogP contribution is -2.39. The molecule has 8 heteroatoms. The number of benzene rings is 3. The smallest absolute Gasteiger partial charge is 0.338 e. The Hall–Kier alpha value is -3.88. The Kier molecular flexibility index (Phi) is 8.14.